The molecule has 0 aliphatic carbocycles. The minimum atomic E-state index is -0.702. The van der Waals surface area contributed by atoms with Crippen molar-refractivity contribution in [2.45, 2.75) is 4.90 Å². The largest absolute Gasteiger partial charge is 0.355 e. The summed E-state index contributed by atoms with van der Waals surface area (Å²) in [5, 5.41) is 2.69. The van der Waals surface area contributed by atoms with Crippen LogP contribution in [0.5, 0.6) is 0 Å². The van der Waals surface area contributed by atoms with E-state index in [1.807, 2.05) is 30.5 Å². The van der Waals surface area contributed by atoms with Crippen LogP contribution in [0.25, 0.3) is 16.5 Å². The van der Waals surface area contributed by atoms with Gasteiger partial charge in [-0.15, -0.1) is 11.8 Å². The van der Waals surface area contributed by atoms with Gasteiger partial charge in [0, 0.05) is 15.9 Å². The van der Waals surface area contributed by atoms with Crippen molar-refractivity contribution in [2.75, 3.05) is 6.26 Å². The molecular formula is C10H9N3O2S. The van der Waals surface area contributed by atoms with Crippen molar-refractivity contribution in [3.8, 4) is 0 Å². The number of carbonyl (C=O) groups is 1. The van der Waals surface area contributed by atoms with Crippen LogP contribution in [0.15, 0.2) is 40.5 Å². The molecule has 1 aromatic rings. The van der Waals surface area contributed by atoms with Crippen molar-refractivity contribution in [1.82, 2.24) is 0 Å². The van der Waals surface area contributed by atoms with Crippen LogP contribution in [0.1, 0.15) is 5.56 Å². The van der Waals surface area contributed by atoms with Gasteiger partial charge in [0.15, 0.2) is 0 Å². The summed E-state index contributed by atoms with van der Waals surface area (Å²) in [4.78, 5) is 18.5. The van der Waals surface area contributed by atoms with E-state index in [1.165, 1.54) is 6.08 Å². The third kappa shape index (κ3) is 4.08. The molecule has 0 aromatic heterocycles. The molecule has 0 saturated carbocycles. The third-order valence-corrected chi connectivity index (χ3v) is 2.44. The van der Waals surface area contributed by atoms with Crippen LogP contribution < -0.4 is 0 Å². The molecule has 5 nitrogen and oxygen atoms in total. The highest BCUT2D eigenvalue weighted by atomic mass is 32.2. The molecule has 0 bridgehead atoms. The topological polar surface area (TPSA) is 75.1 Å². The second-order valence-electron chi connectivity index (χ2n) is 2.69. The van der Waals surface area contributed by atoms with Crippen molar-refractivity contribution >= 4 is 23.8 Å². The van der Waals surface area contributed by atoms with Crippen molar-refractivity contribution in [1.29, 1.82) is 0 Å². The first-order valence-corrected chi connectivity index (χ1v) is 5.56. The van der Waals surface area contributed by atoms with Gasteiger partial charge in [-0.3, -0.25) is 0 Å². The molecule has 0 amide bonds. The molecule has 0 aliphatic rings. The van der Waals surface area contributed by atoms with Crippen molar-refractivity contribution in [3.05, 3.63) is 46.3 Å². The predicted octanol–water partition coefficient (Wildman–Crippen LogP) is 3.19. The Morgan fingerprint density at radius 1 is 1.50 bits per heavy atom. The molecular weight excluding hydrogens is 226 g/mol. The van der Waals surface area contributed by atoms with Crippen LogP contribution in [0.3, 0.4) is 0 Å². The summed E-state index contributed by atoms with van der Waals surface area (Å²) >= 11 is 1.64. The number of hydrogen-bond acceptors (Lipinski definition) is 4. The number of hydrogen-bond donors (Lipinski definition) is 0. The smallest absolute Gasteiger partial charge is 0.342 e. The minimum Gasteiger partial charge on any atom is -0.355 e. The van der Waals surface area contributed by atoms with Gasteiger partial charge < -0.3 is 4.84 Å². The normalized spacial score (nSPS) is 9.81. The highest BCUT2D eigenvalue weighted by Crippen LogP contribution is 2.15. The first kappa shape index (κ1) is 12.2. The van der Waals surface area contributed by atoms with E-state index >= 15 is 0 Å². The molecule has 82 valence electrons. The maximum Gasteiger partial charge on any atom is 0.342 e. The summed E-state index contributed by atoms with van der Waals surface area (Å²) in [5.74, 6) is -0.702. The molecule has 1 rings (SSSR count). The average molecular weight is 235 g/mol. The zero-order chi connectivity index (χ0) is 11.8. The van der Waals surface area contributed by atoms with E-state index < -0.39 is 5.97 Å². The zero-order valence-electron chi connectivity index (χ0n) is 8.53. The van der Waals surface area contributed by atoms with Crippen LogP contribution >= 0.6 is 11.8 Å². The minimum absolute atomic E-state index is 0.702. The molecule has 0 fully saturated rings. The van der Waals surface area contributed by atoms with Crippen molar-refractivity contribution in [3.63, 3.8) is 0 Å². The highest BCUT2D eigenvalue weighted by molar-refractivity contribution is 7.98. The summed E-state index contributed by atoms with van der Waals surface area (Å²) in [7, 11) is 0. The highest BCUT2D eigenvalue weighted by Gasteiger charge is 1.94. The van der Waals surface area contributed by atoms with Gasteiger partial charge in [-0.2, -0.15) is 0 Å². The molecule has 0 saturated heterocycles. The Kier molecular flexibility index (Phi) is 4.98. The lowest BCUT2D eigenvalue weighted by Gasteiger charge is -1.96. The first-order valence-electron chi connectivity index (χ1n) is 4.34. The van der Waals surface area contributed by atoms with Gasteiger partial charge in [-0.1, -0.05) is 12.1 Å². The van der Waals surface area contributed by atoms with Crippen molar-refractivity contribution in [2.24, 2.45) is 5.28 Å². The molecule has 6 heteroatoms. The van der Waals surface area contributed by atoms with E-state index in [4.69, 9.17) is 5.53 Å². The van der Waals surface area contributed by atoms with E-state index in [2.05, 4.69) is 15.0 Å². The van der Waals surface area contributed by atoms with Gasteiger partial charge >= 0.3 is 5.97 Å². The Morgan fingerprint density at radius 2 is 2.19 bits per heavy atom. The number of benzene rings is 1. The Morgan fingerprint density at radius 3 is 2.75 bits per heavy atom. The molecule has 0 N–H and O–H groups in total. The van der Waals surface area contributed by atoms with Crippen molar-refractivity contribution < 1.29 is 9.63 Å². The Labute approximate surface area is 96.7 Å². The number of nitrogens with zero attached hydrogens (tertiary/aromatic N) is 3. The fraction of sp³-hybridized carbons (Fsp3) is 0.100. The number of rotatable bonds is 4. The fourth-order valence-electron chi connectivity index (χ4n) is 0.968. The van der Waals surface area contributed by atoms with Crippen LogP contribution in [-0.4, -0.2) is 12.2 Å². The maximum absolute atomic E-state index is 10.9. The summed E-state index contributed by atoms with van der Waals surface area (Å²) in [5.41, 5.74) is 8.78. The van der Waals surface area contributed by atoms with Crippen LogP contribution in [0.4, 0.5) is 0 Å². The predicted molar refractivity (Wildman–Crippen MR) is 62.5 cm³/mol. The maximum atomic E-state index is 10.9. The molecule has 0 aliphatic heterocycles. The molecule has 0 radical (unpaired) electrons. The second-order valence-corrected chi connectivity index (χ2v) is 3.57. The van der Waals surface area contributed by atoms with Gasteiger partial charge in [0.2, 0.25) is 0 Å². The van der Waals surface area contributed by atoms with Crippen LogP contribution in [-0.2, 0) is 9.63 Å². The molecule has 0 spiro atoms. The molecule has 0 atom stereocenters. The Hall–Kier alpha value is -1.91. The number of thioether (sulfide) groups is 1. The van der Waals surface area contributed by atoms with Crippen LogP contribution in [0.2, 0.25) is 0 Å². The standard InChI is InChI=1S/C10H9N3O2S/c1-16-9-5-2-8(3-6-9)4-7-10(14)15-13-12-11/h2-7H,1H3. The Balaban J connectivity index is 2.61. The zero-order valence-corrected chi connectivity index (χ0v) is 9.35. The van der Waals surface area contributed by atoms with Gasteiger partial charge in [-0.05, 0) is 35.6 Å². The molecule has 1 aromatic carbocycles. The summed E-state index contributed by atoms with van der Waals surface area (Å²) in [6.07, 6.45) is 4.77. The summed E-state index contributed by atoms with van der Waals surface area (Å²) in [6, 6.07) is 7.65. The van der Waals surface area contributed by atoms with Gasteiger partial charge in [0.05, 0.1) is 0 Å². The van der Waals surface area contributed by atoms with Gasteiger partial charge in [0.25, 0.3) is 0 Å². The first-order chi connectivity index (χ1) is 7.76. The lowest BCUT2D eigenvalue weighted by atomic mass is 10.2. The third-order valence-electron chi connectivity index (χ3n) is 1.69. The van der Waals surface area contributed by atoms with E-state index in [0.717, 1.165) is 10.5 Å². The SMILES string of the molecule is CSc1ccc(C=CC(=O)ON=[N+]=[N-])cc1. The summed E-state index contributed by atoms with van der Waals surface area (Å²) < 4.78 is 0. The van der Waals surface area contributed by atoms with Crippen LogP contribution in [0, 0.1) is 0 Å². The number of azide groups is 1. The van der Waals surface area contributed by atoms with E-state index in [1.54, 1.807) is 17.8 Å². The van der Waals surface area contributed by atoms with Gasteiger partial charge in [0.1, 0.15) is 5.28 Å². The van der Waals surface area contributed by atoms with E-state index in [0.29, 0.717) is 0 Å². The lowest BCUT2D eigenvalue weighted by molar-refractivity contribution is -0.137. The average Bonchev–Trinajstić information content (AvgIpc) is 2.34. The molecule has 16 heavy (non-hydrogen) atoms. The van der Waals surface area contributed by atoms with Gasteiger partial charge in [-0.25, -0.2) is 4.79 Å². The second kappa shape index (κ2) is 6.55. The number of carbonyl (C=O) groups excluding carboxylic acids is 1. The van der Waals surface area contributed by atoms with E-state index in [9.17, 15) is 4.79 Å². The molecule has 0 unspecified atom stereocenters. The van der Waals surface area contributed by atoms with E-state index in [-0.39, 0.29) is 0 Å². The quantitative estimate of drug-likeness (QED) is 0.201. The lowest BCUT2D eigenvalue weighted by Crippen LogP contribution is -1.92. The molecule has 0 heterocycles. The Bertz CT molecular complexity index is 436. The summed E-state index contributed by atoms with van der Waals surface area (Å²) in [6.45, 7) is 0. The fourth-order valence-corrected chi connectivity index (χ4v) is 1.38. The monoisotopic (exact) mass is 235 g/mol.